The fourth-order valence-electron chi connectivity index (χ4n) is 7.94. The van der Waals surface area contributed by atoms with Crippen molar-refractivity contribution in [2.45, 2.75) is 0 Å². The van der Waals surface area contributed by atoms with E-state index in [-0.39, 0.29) is 0 Å². The lowest BCUT2D eigenvalue weighted by atomic mass is 9.91. The van der Waals surface area contributed by atoms with E-state index in [1.165, 1.54) is 32.3 Å². The fourth-order valence-corrected chi connectivity index (χ4v) is 7.94. The summed E-state index contributed by atoms with van der Waals surface area (Å²) in [6.45, 7) is 0. The smallest absolute Gasteiger partial charge is 0.164 e. The van der Waals surface area contributed by atoms with Gasteiger partial charge in [-0.1, -0.05) is 109 Å². The average molecular weight is 703 g/mol. The van der Waals surface area contributed by atoms with Crippen LogP contribution in [0.25, 0.3) is 111 Å². The van der Waals surface area contributed by atoms with Crippen molar-refractivity contribution in [1.29, 1.82) is 0 Å². The van der Waals surface area contributed by atoms with E-state index in [1.54, 1.807) is 0 Å². The molecule has 3 heterocycles. The van der Waals surface area contributed by atoms with Gasteiger partial charge in [0.1, 0.15) is 11.2 Å². The summed E-state index contributed by atoms with van der Waals surface area (Å²) in [5.41, 5.74) is 8.67. The molecule has 55 heavy (non-hydrogen) atoms. The number of para-hydroxylation sites is 1. The number of hydrogen-bond acceptors (Lipinski definition) is 5. The summed E-state index contributed by atoms with van der Waals surface area (Å²) in [5.74, 6) is 1.80. The highest BCUT2D eigenvalue weighted by Gasteiger charge is 2.17. The summed E-state index contributed by atoms with van der Waals surface area (Å²) < 4.78 is 6.15. The van der Waals surface area contributed by atoms with Crippen LogP contribution in [0.5, 0.6) is 0 Å². The molecule has 0 saturated carbocycles. The van der Waals surface area contributed by atoms with E-state index in [0.717, 1.165) is 60.9 Å². The van der Waals surface area contributed by atoms with E-state index < -0.39 is 0 Å². The maximum absolute atomic E-state index is 6.15. The molecule has 11 aromatic rings. The molecule has 3 aromatic heterocycles. The van der Waals surface area contributed by atoms with Gasteiger partial charge in [-0.25, -0.2) is 15.0 Å². The minimum Gasteiger partial charge on any atom is -0.456 e. The minimum atomic E-state index is 0.593. The molecule has 0 radical (unpaired) electrons. The molecule has 0 aliphatic rings. The van der Waals surface area contributed by atoms with Crippen LogP contribution in [0.3, 0.4) is 0 Å². The highest BCUT2D eigenvalue weighted by Crippen LogP contribution is 2.39. The van der Waals surface area contributed by atoms with Crippen LogP contribution in [-0.4, -0.2) is 19.9 Å². The van der Waals surface area contributed by atoms with Gasteiger partial charge in [0.2, 0.25) is 0 Å². The Balaban J connectivity index is 1.14. The van der Waals surface area contributed by atoms with E-state index in [0.29, 0.717) is 17.5 Å². The largest absolute Gasteiger partial charge is 0.456 e. The third-order valence-corrected chi connectivity index (χ3v) is 10.6. The number of furan rings is 1. The number of fused-ring (bicyclic) bond motifs is 9. The third-order valence-electron chi connectivity index (χ3n) is 10.6. The Labute approximate surface area is 316 Å². The van der Waals surface area contributed by atoms with Crippen LogP contribution in [0.15, 0.2) is 187 Å². The molecule has 0 aliphatic heterocycles. The third kappa shape index (κ3) is 5.33. The van der Waals surface area contributed by atoms with E-state index in [1.807, 2.05) is 85.2 Å². The molecule has 5 heteroatoms. The van der Waals surface area contributed by atoms with E-state index in [4.69, 9.17) is 19.4 Å². The SMILES string of the molecule is c1ccc(-c2nc(-c3cc(-c4ccncc4)cc(-c4ccc5c6ccccc6c6ccccc6c5c4)c3)nc(-c3ccc4oc5ccccc5c4c3)n2)cc1. The van der Waals surface area contributed by atoms with Crippen LogP contribution in [-0.2, 0) is 0 Å². The first-order valence-corrected chi connectivity index (χ1v) is 18.4. The topological polar surface area (TPSA) is 64.7 Å². The van der Waals surface area contributed by atoms with Gasteiger partial charge in [0.05, 0.1) is 0 Å². The quantitative estimate of drug-likeness (QED) is 0.167. The summed E-state index contributed by atoms with van der Waals surface area (Å²) in [6.07, 6.45) is 3.67. The molecule has 0 atom stereocenters. The maximum Gasteiger partial charge on any atom is 0.164 e. The Hall–Kier alpha value is -7.50. The first kappa shape index (κ1) is 31.1. The molecule has 0 aliphatic carbocycles. The molecular formula is C50H30N4O. The van der Waals surface area contributed by atoms with Gasteiger partial charge >= 0.3 is 0 Å². The molecule has 0 unspecified atom stereocenters. The van der Waals surface area contributed by atoms with Crippen molar-refractivity contribution in [3.63, 3.8) is 0 Å². The molecule has 0 bridgehead atoms. The summed E-state index contributed by atoms with van der Waals surface area (Å²) in [6, 6.07) is 59.3. The van der Waals surface area contributed by atoms with Gasteiger partial charge in [-0.05, 0) is 115 Å². The maximum atomic E-state index is 6.15. The van der Waals surface area contributed by atoms with E-state index in [9.17, 15) is 0 Å². The highest BCUT2D eigenvalue weighted by molar-refractivity contribution is 6.25. The fraction of sp³-hybridized carbons (Fsp3) is 0. The van der Waals surface area contributed by atoms with Crippen LogP contribution in [0, 0.1) is 0 Å². The number of hydrogen-bond donors (Lipinski definition) is 0. The van der Waals surface area contributed by atoms with Crippen LogP contribution in [0.1, 0.15) is 0 Å². The Kier molecular flexibility index (Phi) is 7.10. The summed E-state index contributed by atoms with van der Waals surface area (Å²) >= 11 is 0. The second-order valence-electron chi connectivity index (χ2n) is 13.9. The number of nitrogens with zero attached hydrogens (tertiary/aromatic N) is 4. The molecule has 11 rings (SSSR count). The second kappa shape index (κ2) is 12.6. The van der Waals surface area contributed by atoms with E-state index >= 15 is 0 Å². The predicted octanol–water partition coefficient (Wildman–Crippen LogP) is 13.0. The highest BCUT2D eigenvalue weighted by atomic mass is 16.3. The summed E-state index contributed by atoms with van der Waals surface area (Å²) in [5, 5.41) is 9.54. The van der Waals surface area contributed by atoms with Gasteiger partial charge in [0.15, 0.2) is 17.5 Å². The van der Waals surface area contributed by atoms with Crippen LogP contribution in [0.4, 0.5) is 0 Å². The van der Waals surface area contributed by atoms with E-state index in [2.05, 4.69) is 102 Å². The lowest BCUT2D eigenvalue weighted by molar-refractivity contribution is 0.669. The minimum absolute atomic E-state index is 0.593. The van der Waals surface area contributed by atoms with Crippen molar-refractivity contribution in [2.24, 2.45) is 0 Å². The zero-order valence-corrected chi connectivity index (χ0v) is 29.5. The molecule has 256 valence electrons. The van der Waals surface area contributed by atoms with Gasteiger partial charge in [-0.3, -0.25) is 4.98 Å². The second-order valence-corrected chi connectivity index (χ2v) is 13.9. The molecule has 5 nitrogen and oxygen atoms in total. The van der Waals surface area contributed by atoms with Gasteiger partial charge in [-0.2, -0.15) is 0 Å². The molecule has 0 amide bonds. The number of aromatic nitrogens is 4. The molecular weight excluding hydrogens is 673 g/mol. The Morgan fingerprint density at radius 1 is 0.273 bits per heavy atom. The summed E-state index contributed by atoms with van der Waals surface area (Å²) in [4.78, 5) is 19.7. The standard InChI is InChI=1S/C50H30N4O/c1-2-10-32(11-3-1)48-52-49(34-19-21-47-45(30-34)43-16-8-9-17-46(43)55-47)54-50(53-48)37-27-35(31-22-24-51-25-23-31)26-36(28-37)33-18-20-42-40-14-5-4-12-38(40)39-13-6-7-15-41(39)44(42)29-33/h1-30H. The average Bonchev–Trinajstić information content (AvgIpc) is 3.65. The first-order chi connectivity index (χ1) is 27.2. The van der Waals surface area contributed by atoms with Crippen molar-refractivity contribution < 1.29 is 4.42 Å². The normalized spacial score (nSPS) is 11.6. The van der Waals surface area contributed by atoms with Crippen molar-refractivity contribution >= 4 is 54.3 Å². The number of pyridine rings is 1. The van der Waals surface area contributed by atoms with Crippen molar-refractivity contribution in [2.75, 3.05) is 0 Å². The zero-order valence-electron chi connectivity index (χ0n) is 29.5. The lowest BCUT2D eigenvalue weighted by Gasteiger charge is -2.14. The van der Waals surface area contributed by atoms with Crippen LogP contribution in [0.2, 0.25) is 0 Å². The number of rotatable bonds is 5. The van der Waals surface area contributed by atoms with Crippen LogP contribution >= 0.6 is 0 Å². The Bertz CT molecular complexity index is 3230. The molecule has 0 spiro atoms. The van der Waals surface area contributed by atoms with Crippen molar-refractivity contribution in [3.05, 3.63) is 182 Å². The number of benzene rings is 8. The van der Waals surface area contributed by atoms with Crippen molar-refractivity contribution in [3.8, 4) is 56.4 Å². The van der Waals surface area contributed by atoms with Crippen molar-refractivity contribution in [1.82, 2.24) is 19.9 Å². The molecule has 0 saturated heterocycles. The predicted molar refractivity (Wildman–Crippen MR) is 225 cm³/mol. The molecule has 0 N–H and O–H groups in total. The van der Waals surface area contributed by atoms with Gasteiger partial charge in [0.25, 0.3) is 0 Å². The van der Waals surface area contributed by atoms with Gasteiger partial charge in [0, 0.05) is 39.9 Å². The Morgan fingerprint density at radius 2 is 0.764 bits per heavy atom. The monoisotopic (exact) mass is 702 g/mol. The molecule has 8 aromatic carbocycles. The molecule has 0 fully saturated rings. The Morgan fingerprint density at radius 3 is 1.47 bits per heavy atom. The van der Waals surface area contributed by atoms with Gasteiger partial charge < -0.3 is 4.42 Å². The summed E-state index contributed by atoms with van der Waals surface area (Å²) in [7, 11) is 0. The van der Waals surface area contributed by atoms with Crippen LogP contribution < -0.4 is 0 Å². The first-order valence-electron chi connectivity index (χ1n) is 18.4. The zero-order chi connectivity index (χ0) is 36.3. The lowest BCUT2D eigenvalue weighted by Crippen LogP contribution is -2.00. The van der Waals surface area contributed by atoms with Gasteiger partial charge in [-0.15, -0.1) is 0 Å².